The first-order valence-electron chi connectivity index (χ1n) is 10.5. The van der Waals surface area contributed by atoms with Gasteiger partial charge in [0.2, 0.25) is 5.91 Å². The Bertz CT molecular complexity index is 953. The third-order valence-electron chi connectivity index (χ3n) is 6.34. The van der Waals surface area contributed by atoms with Gasteiger partial charge in [-0.2, -0.15) is 0 Å². The zero-order valence-electron chi connectivity index (χ0n) is 17.2. The molecule has 0 aromatic heterocycles. The van der Waals surface area contributed by atoms with E-state index in [2.05, 4.69) is 22.8 Å². The number of ether oxygens (including phenoxy) is 1. The first-order valence-corrected chi connectivity index (χ1v) is 10.5. The number of carboxylic acid groups (broad SMARTS) is 1. The molecule has 0 saturated heterocycles. The SMILES string of the molecule is O=C(O)CC1(CNC(=O)CNC(=O)OCC2c3ccccc3-c3ccccc32)CCC1. The van der Waals surface area contributed by atoms with Gasteiger partial charge < -0.3 is 20.5 Å². The summed E-state index contributed by atoms with van der Waals surface area (Å²) in [5.41, 5.74) is 4.19. The molecular formula is C24H26N2O5. The first kappa shape index (κ1) is 20.9. The molecule has 0 unspecified atom stereocenters. The molecule has 31 heavy (non-hydrogen) atoms. The van der Waals surface area contributed by atoms with Gasteiger partial charge in [-0.05, 0) is 40.5 Å². The quantitative estimate of drug-likeness (QED) is 0.606. The molecule has 1 saturated carbocycles. The van der Waals surface area contributed by atoms with E-state index in [4.69, 9.17) is 9.84 Å². The molecule has 0 spiro atoms. The van der Waals surface area contributed by atoms with E-state index in [9.17, 15) is 14.4 Å². The Kier molecular flexibility index (Phi) is 5.93. The van der Waals surface area contributed by atoms with Crippen molar-refractivity contribution in [1.29, 1.82) is 0 Å². The minimum absolute atomic E-state index is 0.0403. The highest BCUT2D eigenvalue weighted by atomic mass is 16.5. The number of carbonyl (C=O) groups excluding carboxylic acids is 2. The van der Waals surface area contributed by atoms with Crippen LogP contribution in [-0.4, -0.2) is 42.8 Å². The highest BCUT2D eigenvalue weighted by Gasteiger charge is 2.39. The first-order chi connectivity index (χ1) is 15.0. The van der Waals surface area contributed by atoms with Crippen molar-refractivity contribution in [3.8, 4) is 11.1 Å². The Balaban J connectivity index is 1.26. The monoisotopic (exact) mass is 422 g/mol. The van der Waals surface area contributed by atoms with Gasteiger partial charge in [-0.3, -0.25) is 9.59 Å². The van der Waals surface area contributed by atoms with Gasteiger partial charge in [0.25, 0.3) is 0 Å². The van der Waals surface area contributed by atoms with Crippen LogP contribution in [0.1, 0.15) is 42.7 Å². The third-order valence-corrected chi connectivity index (χ3v) is 6.34. The van der Waals surface area contributed by atoms with Crippen LogP contribution >= 0.6 is 0 Å². The average molecular weight is 422 g/mol. The summed E-state index contributed by atoms with van der Waals surface area (Å²) in [4.78, 5) is 35.2. The topological polar surface area (TPSA) is 105 Å². The molecule has 1 fully saturated rings. The second kappa shape index (κ2) is 8.79. The minimum atomic E-state index is -0.856. The maximum absolute atomic E-state index is 12.2. The summed E-state index contributed by atoms with van der Waals surface area (Å²) in [6, 6.07) is 16.2. The molecule has 2 aromatic rings. The van der Waals surface area contributed by atoms with Gasteiger partial charge >= 0.3 is 12.1 Å². The number of alkyl carbamates (subject to hydrolysis) is 1. The number of fused-ring (bicyclic) bond motifs is 3. The second-order valence-corrected chi connectivity index (χ2v) is 8.38. The highest BCUT2D eigenvalue weighted by molar-refractivity contribution is 5.82. The molecule has 2 aliphatic rings. The van der Waals surface area contributed by atoms with Crippen LogP contribution in [-0.2, 0) is 14.3 Å². The van der Waals surface area contributed by atoms with Crippen molar-refractivity contribution in [2.24, 2.45) is 5.41 Å². The molecule has 162 valence electrons. The highest BCUT2D eigenvalue weighted by Crippen LogP contribution is 2.44. The Morgan fingerprint density at radius 3 is 2.13 bits per heavy atom. The molecule has 3 N–H and O–H groups in total. The fourth-order valence-electron chi connectivity index (χ4n) is 4.56. The number of amides is 2. The molecule has 2 aromatic carbocycles. The van der Waals surface area contributed by atoms with Crippen molar-refractivity contribution in [2.75, 3.05) is 19.7 Å². The molecule has 7 heteroatoms. The van der Waals surface area contributed by atoms with Crippen LogP contribution in [0.4, 0.5) is 4.79 Å². The van der Waals surface area contributed by atoms with Gasteiger partial charge in [-0.25, -0.2) is 4.79 Å². The maximum Gasteiger partial charge on any atom is 0.407 e. The lowest BCUT2D eigenvalue weighted by Gasteiger charge is -2.40. The normalized spacial score (nSPS) is 15.9. The molecule has 7 nitrogen and oxygen atoms in total. The van der Waals surface area contributed by atoms with E-state index in [1.807, 2.05) is 36.4 Å². The van der Waals surface area contributed by atoms with E-state index < -0.39 is 12.1 Å². The number of nitrogens with one attached hydrogen (secondary N) is 2. The summed E-state index contributed by atoms with van der Waals surface area (Å²) in [6.07, 6.45) is 1.95. The third kappa shape index (κ3) is 4.55. The van der Waals surface area contributed by atoms with Gasteiger partial charge in [0, 0.05) is 12.5 Å². The number of benzene rings is 2. The smallest absolute Gasteiger partial charge is 0.407 e. The van der Waals surface area contributed by atoms with Crippen LogP contribution in [0.15, 0.2) is 48.5 Å². The zero-order chi connectivity index (χ0) is 21.8. The van der Waals surface area contributed by atoms with E-state index in [-0.39, 0.29) is 36.8 Å². The van der Waals surface area contributed by atoms with Gasteiger partial charge in [0.05, 0.1) is 13.0 Å². The Labute approximate surface area is 180 Å². The fraction of sp³-hybridized carbons (Fsp3) is 0.375. The zero-order valence-corrected chi connectivity index (χ0v) is 17.2. The lowest BCUT2D eigenvalue weighted by atomic mass is 9.66. The summed E-state index contributed by atoms with van der Waals surface area (Å²) in [6.45, 7) is 0.285. The van der Waals surface area contributed by atoms with Gasteiger partial charge in [0.15, 0.2) is 0 Å². The Morgan fingerprint density at radius 1 is 0.968 bits per heavy atom. The Morgan fingerprint density at radius 2 is 1.58 bits per heavy atom. The number of carboxylic acids is 1. The van der Waals surface area contributed by atoms with E-state index >= 15 is 0 Å². The number of rotatable bonds is 8. The number of carbonyl (C=O) groups is 3. The van der Waals surface area contributed by atoms with E-state index in [1.54, 1.807) is 0 Å². The molecule has 0 aliphatic heterocycles. The second-order valence-electron chi connectivity index (χ2n) is 8.38. The van der Waals surface area contributed by atoms with E-state index in [1.165, 1.54) is 0 Å². The Hall–Kier alpha value is -3.35. The molecule has 0 bridgehead atoms. The summed E-state index contributed by atoms with van der Waals surface area (Å²) < 4.78 is 5.41. The van der Waals surface area contributed by atoms with Crippen LogP contribution in [0, 0.1) is 5.41 Å². The van der Waals surface area contributed by atoms with E-state index in [0.717, 1.165) is 41.5 Å². The van der Waals surface area contributed by atoms with Crippen molar-refractivity contribution in [3.05, 3.63) is 59.7 Å². The lowest BCUT2D eigenvalue weighted by molar-refractivity contribution is -0.141. The molecule has 4 rings (SSSR count). The average Bonchev–Trinajstić information content (AvgIpc) is 3.06. The summed E-state index contributed by atoms with van der Waals surface area (Å²) in [5.74, 6) is -1.25. The molecule has 2 amide bonds. The predicted octanol–water partition coefficient (Wildman–Crippen LogP) is 3.29. The predicted molar refractivity (Wildman–Crippen MR) is 115 cm³/mol. The number of hydrogen-bond acceptors (Lipinski definition) is 4. The van der Waals surface area contributed by atoms with Crippen molar-refractivity contribution in [1.82, 2.24) is 10.6 Å². The van der Waals surface area contributed by atoms with Gasteiger partial charge in [-0.15, -0.1) is 0 Å². The van der Waals surface area contributed by atoms with Crippen LogP contribution < -0.4 is 10.6 Å². The summed E-state index contributed by atoms with van der Waals surface area (Å²) >= 11 is 0. The standard InChI is InChI=1S/C24H26N2O5/c27-21(26-15-24(10-5-11-24)12-22(28)29)13-25-23(30)31-14-20-18-8-3-1-6-16(18)17-7-2-4-9-19(17)20/h1-4,6-9,20H,5,10-15H2,(H,25,30)(H,26,27)(H,28,29). The van der Waals surface area contributed by atoms with Crippen molar-refractivity contribution >= 4 is 18.0 Å². The maximum atomic E-state index is 12.2. The van der Waals surface area contributed by atoms with E-state index in [0.29, 0.717) is 6.54 Å². The molecule has 2 aliphatic carbocycles. The van der Waals surface area contributed by atoms with Crippen LogP contribution in [0.5, 0.6) is 0 Å². The van der Waals surface area contributed by atoms with Crippen LogP contribution in [0.25, 0.3) is 11.1 Å². The van der Waals surface area contributed by atoms with Crippen LogP contribution in [0.2, 0.25) is 0 Å². The summed E-state index contributed by atoms with van der Waals surface area (Å²) in [7, 11) is 0. The molecule has 0 heterocycles. The summed E-state index contributed by atoms with van der Waals surface area (Å²) in [5, 5.41) is 14.3. The van der Waals surface area contributed by atoms with Gasteiger partial charge in [-0.1, -0.05) is 55.0 Å². The van der Waals surface area contributed by atoms with Gasteiger partial charge in [0.1, 0.15) is 6.61 Å². The molecule has 0 radical (unpaired) electrons. The van der Waals surface area contributed by atoms with Crippen molar-refractivity contribution in [2.45, 2.75) is 31.6 Å². The van der Waals surface area contributed by atoms with Crippen LogP contribution in [0.3, 0.4) is 0 Å². The fourth-order valence-corrected chi connectivity index (χ4v) is 4.56. The minimum Gasteiger partial charge on any atom is -0.481 e. The molecular weight excluding hydrogens is 396 g/mol. The molecule has 0 atom stereocenters. The van der Waals surface area contributed by atoms with Crippen molar-refractivity contribution < 1.29 is 24.2 Å². The number of aliphatic carboxylic acids is 1. The van der Waals surface area contributed by atoms with Crippen molar-refractivity contribution in [3.63, 3.8) is 0 Å². The number of hydrogen-bond donors (Lipinski definition) is 3. The largest absolute Gasteiger partial charge is 0.481 e. The lowest BCUT2D eigenvalue weighted by Crippen LogP contribution is -2.46.